The Hall–Kier alpha value is -1.28. The molecule has 0 unspecified atom stereocenters. The quantitative estimate of drug-likeness (QED) is 0.443. The van der Waals surface area contributed by atoms with Gasteiger partial charge >= 0.3 is 0 Å². The fourth-order valence-corrected chi connectivity index (χ4v) is 2.21. The van der Waals surface area contributed by atoms with Crippen LogP contribution in [0.25, 0.3) is 0 Å². The van der Waals surface area contributed by atoms with Crippen molar-refractivity contribution in [2.24, 2.45) is 5.92 Å². The van der Waals surface area contributed by atoms with E-state index >= 15 is 0 Å². The summed E-state index contributed by atoms with van der Waals surface area (Å²) >= 11 is 1.23. The molecule has 1 aromatic rings. The Bertz CT molecular complexity index is 429. The van der Waals surface area contributed by atoms with Gasteiger partial charge in [-0.1, -0.05) is 44.7 Å². The van der Waals surface area contributed by atoms with Crippen molar-refractivity contribution in [3.05, 3.63) is 54.1 Å². The third-order valence-electron chi connectivity index (χ3n) is 2.26. The first-order valence-corrected chi connectivity index (χ1v) is 6.47. The molecule has 0 saturated heterocycles. The summed E-state index contributed by atoms with van der Waals surface area (Å²) in [5.74, 6) is 0.432. The molecule has 0 atom stereocenters. The van der Waals surface area contributed by atoms with Crippen LogP contribution in [-0.2, 0) is 4.79 Å². The molecule has 90 valence electrons. The fourth-order valence-electron chi connectivity index (χ4n) is 1.42. The van der Waals surface area contributed by atoms with Crippen molar-refractivity contribution in [2.45, 2.75) is 25.7 Å². The Labute approximate surface area is 108 Å². The van der Waals surface area contributed by atoms with E-state index in [0.717, 1.165) is 10.5 Å². The van der Waals surface area contributed by atoms with Crippen LogP contribution in [0.5, 0.6) is 0 Å². The van der Waals surface area contributed by atoms with Gasteiger partial charge in [0.25, 0.3) is 0 Å². The average molecular weight is 246 g/mol. The van der Waals surface area contributed by atoms with Gasteiger partial charge in [0.1, 0.15) is 0 Å². The molecule has 0 spiro atoms. The third kappa shape index (κ3) is 4.61. The second kappa shape index (κ2) is 6.45. The van der Waals surface area contributed by atoms with E-state index in [1.54, 1.807) is 0 Å². The summed E-state index contributed by atoms with van der Waals surface area (Å²) < 4.78 is 0. The molecule has 17 heavy (non-hydrogen) atoms. The predicted octanol–water partition coefficient (Wildman–Crippen LogP) is 4.46. The second-order valence-electron chi connectivity index (χ2n) is 4.27. The van der Waals surface area contributed by atoms with Crippen LogP contribution < -0.4 is 0 Å². The molecule has 0 heterocycles. The van der Waals surface area contributed by atoms with Crippen LogP contribution in [0.3, 0.4) is 0 Å². The second-order valence-corrected chi connectivity index (χ2v) is 5.32. The maximum Gasteiger partial charge on any atom is 0.223 e. The van der Waals surface area contributed by atoms with Gasteiger partial charge in [-0.2, -0.15) is 0 Å². The van der Waals surface area contributed by atoms with Gasteiger partial charge in [-0.15, -0.1) is 0 Å². The third-order valence-corrected chi connectivity index (χ3v) is 3.20. The van der Waals surface area contributed by atoms with Gasteiger partial charge in [0, 0.05) is 10.5 Å². The summed E-state index contributed by atoms with van der Waals surface area (Å²) in [6.45, 7) is 9.98. The molecule has 0 fully saturated rings. The smallest absolute Gasteiger partial charge is 0.223 e. The van der Waals surface area contributed by atoms with Crippen LogP contribution in [0.2, 0.25) is 0 Å². The summed E-state index contributed by atoms with van der Waals surface area (Å²) in [4.78, 5) is 12.9. The van der Waals surface area contributed by atoms with Gasteiger partial charge in [-0.25, -0.2) is 0 Å². The van der Waals surface area contributed by atoms with Gasteiger partial charge in [0.15, 0.2) is 0 Å². The Morgan fingerprint density at radius 3 is 2.41 bits per heavy atom. The molecule has 0 N–H and O–H groups in total. The van der Waals surface area contributed by atoms with Crippen LogP contribution in [-0.4, -0.2) is 5.12 Å². The summed E-state index contributed by atoms with van der Waals surface area (Å²) in [5.41, 5.74) is 1.56. The highest BCUT2D eigenvalue weighted by molar-refractivity contribution is 8.14. The molecule has 0 amide bonds. The van der Waals surface area contributed by atoms with Crippen molar-refractivity contribution in [3.63, 3.8) is 0 Å². The topological polar surface area (TPSA) is 17.1 Å². The zero-order valence-electron chi connectivity index (χ0n) is 10.6. The molecule has 0 aromatic heterocycles. The van der Waals surface area contributed by atoms with Crippen molar-refractivity contribution in [2.75, 3.05) is 0 Å². The van der Waals surface area contributed by atoms with E-state index in [-0.39, 0.29) is 5.12 Å². The molecule has 1 aromatic carbocycles. The minimum absolute atomic E-state index is 0.0191. The van der Waals surface area contributed by atoms with Crippen LogP contribution in [0.1, 0.15) is 20.8 Å². The lowest BCUT2D eigenvalue weighted by Gasteiger charge is -2.06. The van der Waals surface area contributed by atoms with Crippen molar-refractivity contribution in [3.8, 4) is 0 Å². The zero-order valence-corrected chi connectivity index (χ0v) is 11.4. The number of benzene rings is 1. The van der Waals surface area contributed by atoms with Gasteiger partial charge in [-0.05, 0) is 42.3 Å². The molecular weight excluding hydrogens is 228 g/mol. The van der Waals surface area contributed by atoms with E-state index in [1.807, 2.05) is 37.3 Å². The summed E-state index contributed by atoms with van der Waals surface area (Å²) in [5, 5.41) is 0.0191. The van der Waals surface area contributed by atoms with Crippen LogP contribution in [0, 0.1) is 5.92 Å². The van der Waals surface area contributed by atoms with E-state index < -0.39 is 0 Å². The highest BCUT2D eigenvalue weighted by Crippen LogP contribution is 2.24. The Kier molecular flexibility index (Phi) is 5.23. The summed E-state index contributed by atoms with van der Waals surface area (Å²) in [7, 11) is 0. The Balaban J connectivity index is 2.69. The van der Waals surface area contributed by atoms with Gasteiger partial charge < -0.3 is 0 Å². The molecule has 0 saturated carbocycles. The lowest BCUT2D eigenvalue weighted by atomic mass is 10.1. The summed E-state index contributed by atoms with van der Waals surface area (Å²) in [6.07, 6.45) is 2.06. The summed E-state index contributed by atoms with van der Waals surface area (Å²) in [6, 6.07) is 9.65. The lowest BCUT2D eigenvalue weighted by molar-refractivity contribution is -0.107. The average Bonchev–Trinajstić information content (AvgIpc) is 2.28. The maximum atomic E-state index is 12.0. The SMILES string of the molecule is C=C(C(=O)Sc1ccccc1)/C(C)=C\C(C)C. The Morgan fingerprint density at radius 1 is 1.29 bits per heavy atom. The van der Waals surface area contributed by atoms with Crippen LogP contribution >= 0.6 is 11.8 Å². The lowest BCUT2D eigenvalue weighted by Crippen LogP contribution is -1.98. The van der Waals surface area contributed by atoms with E-state index in [1.165, 1.54) is 11.8 Å². The first-order chi connectivity index (χ1) is 8.00. The molecule has 2 heteroatoms. The molecule has 0 radical (unpaired) electrons. The normalized spacial score (nSPS) is 11.6. The van der Waals surface area contributed by atoms with Gasteiger partial charge in [-0.3, -0.25) is 4.79 Å². The van der Waals surface area contributed by atoms with Gasteiger partial charge in [0.05, 0.1) is 0 Å². The number of carbonyl (C=O) groups is 1. The van der Waals surface area contributed by atoms with Gasteiger partial charge in [0.2, 0.25) is 5.12 Å². The zero-order chi connectivity index (χ0) is 12.8. The number of allylic oxidation sites excluding steroid dienone is 2. The Morgan fingerprint density at radius 2 is 1.88 bits per heavy atom. The van der Waals surface area contributed by atoms with E-state index in [2.05, 4.69) is 26.5 Å². The molecule has 1 nitrogen and oxygen atoms in total. The molecule has 0 aliphatic rings. The van der Waals surface area contributed by atoms with Crippen molar-refractivity contribution in [1.29, 1.82) is 0 Å². The first-order valence-electron chi connectivity index (χ1n) is 5.65. The van der Waals surface area contributed by atoms with Crippen molar-refractivity contribution < 1.29 is 4.79 Å². The van der Waals surface area contributed by atoms with Crippen LogP contribution in [0.4, 0.5) is 0 Å². The minimum atomic E-state index is 0.0191. The molecule has 0 aliphatic heterocycles. The largest absolute Gasteiger partial charge is 0.281 e. The number of thioether (sulfide) groups is 1. The standard InChI is InChI=1S/C15H18OS/c1-11(2)10-12(3)13(4)15(16)17-14-8-6-5-7-9-14/h5-11H,4H2,1-3H3/b12-10-. The van der Waals surface area contributed by atoms with Crippen LogP contribution in [0.15, 0.2) is 59.0 Å². The van der Waals surface area contributed by atoms with E-state index in [9.17, 15) is 4.79 Å². The highest BCUT2D eigenvalue weighted by Gasteiger charge is 2.10. The molecular formula is C15H18OS. The number of rotatable bonds is 4. The van der Waals surface area contributed by atoms with E-state index in [0.29, 0.717) is 11.5 Å². The fraction of sp³-hybridized carbons (Fsp3) is 0.267. The highest BCUT2D eigenvalue weighted by atomic mass is 32.2. The molecule has 0 bridgehead atoms. The maximum absolute atomic E-state index is 12.0. The number of hydrogen-bond acceptors (Lipinski definition) is 2. The minimum Gasteiger partial charge on any atom is -0.281 e. The number of hydrogen-bond donors (Lipinski definition) is 0. The first kappa shape index (κ1) is 13.8. The van der Waals surface area contributed by atoms with E-state index in [4.69, 9.17) is 0 Å². The molecule has 1 rings (SSSR count). The van der Waals surface area contributed by atoms with Crippen molar-refractivity contribution in [1.82, 2.24) is 0 Å². The van der Waals surface area contributed by atoms with Crippen molar-refractivity contribution >= 4 is 16.9 Å². The monoisotopic (exact) mass is 246 g/mol. The number of carbonyl (C=O) groups excluding carboxylic acids is 1. The molecule has 0 aliphatic carbocycles. The predicted molar refractivity (Wildman–Crippen MR) is 75.0 cm³/mol.